The van der Waals surface area contributed by atoms with E-state index in [4.69, 9.17) is 0 Å². The van der Waals surface area contributed by atoms with Crippen LogP contribution in [0.5, 0.6) is 0 Å². The van der Waals surface area contributed by atoms with Crippen LogP contribution in [-0.4, -0.2) is 5.91 Å². The summed E-state index contributed by atoms with van der Waals surface area (Å²) in [4.78, 5) is 12.4. The third-order valence-corrected chi connectivity index (χ3v) is 4.16. The van der Waals surface area contributed by atoms with Gasteiger partial charge in [-0.15, -0.1) is 0 Å². The maximum absolute atomic E-state index is 13.3. The highest BCUT2D eigenvalue weighted by atomic mass is 19.1. The van der Waals surface area contributed by atoms with Crippen LogP contribution in [0, 0.1) is 30.0 Å². The highest BCUT2D eigenvalue weighted by Gasteiger charge is 2.60. The average Bonchev–Trinajstić information content (AvgIpc) is 2.84. The van der Waals surface area contributed by atoms with Crippen molar-refractivity contribution in [2.75, 3.05) is 5.32 Å². The average molecular weight is 275 g/mol. The number of rotatable bonds is 3. The molecular formula is C17H22FNO. The van der Waals surface area contributed by atoms with Gasteiger partial charge in [0.2, 0.25) is 5.91 Å². The van der Waals surface area contributed by atoms with Crippen molar-refractivity contribution >= 4 is 11.6 Å². The molecule has 0 radical (unpaired) electrons. The molecule has 3 heteroatoms. The molecular weight excluding hydrogens is 253 g/mol. The van der Waals surface area contributed by atoms with Crippen LogP contribution >= 0.6 is 0 Å². The molecule has 2 nitrogen and oxygen atoms in total. The van der Waals surface area contributed by atoms with Crippen molar-refractivity contribution in [3.05, 3.63) is 41.2 Å². The number of amides is 1. The number of nitrogens with one attached hydrogen (secondary N) is 1. The number of allylic oxidation sites excluding steroid dienone is 2. The van der Waals surface area contributed by atoms with Crippen molar-refractivity contribution in [2.45, 2.75) is 34.6 Å². The van der Waals surface area contributed by atoms with Gasteiger partial charge in [0.15, 0.2) is 0 Å². The molecule has 1 aromatic rings. The third kappa shape index (κ3) is 2.77. The smallest absolute Gasteiger partial charge is 0.228 e. The number of carbonyl (C=O) groups excluding carboxylic acids is 1. The Hall–Kier alpha value is -1.64. The Morgan fingerprint density at radius 2 is 2.00 bits per heavy atom. The second-order valence-corrected chi connectivity index (χ2v) is 6.52. The molecule has 2 rings (SSSR count). The van der Waals surface area contributed by atoms with E-state index in [9.17, 15) is 9.18 Å². The quantitative estimate of drug-likeness (QED) is 0.818. The summed E-state index contributed by atoms with van der Waals surface area (Å²) in [5, 5.41) is 2.86. The second-order valence-electron chi connectivity index (χ2n) is 6.52. The number of benzene rings is 1. The number of hydrogen-bond acceptors (Lipinski definition) is 1. The van der Waals surface area contributed by atoms with Gasteiger partial charge in [-0.2, -0.15) is 0 Å². The minimum absolute atomic E-state index is 0.0220. The second kappa shape index (κ2) is 5.04. The summed E-state index contributed by atoms with van der Waals surface area (Å²) in [6.07, 6.45) is 2.16. The standard InChI is InChI=1S/C17H22FNO/c1-10(2)8-13-15(17(13,4)5)16(20)19-14-9-12(18)7-6-11(14)3/h6-9,13,15H,1-5H3,(H,19,20)/t13-,15+/m0/s1. The highest BCUT2D eigenvalue weighted by Crippen LogP contribution is 2.59. The zero-order valence-electron chi connectivity index (χ0n) is 12.8. The van der Waals surface area contributed by atoms with Crippen molar-refractivity contribution in [3.8, 4) is 0 Å². The zero-order valence-corrected chi connectivity index (χ0v) is 12.8. The van der Waals surface area contributed by atoms with E-state index in [0.717, 1.165) is 5.56 Å². The molecule has 0 unspecified atom stereocenters. The molecule has 0 bridgehead atoms. The van der Waals surface area contributed by atoms with Gasteiger partial charge in [-0.3, -0.25) is 4.79 Å². The topological polar surface area (TPSA) is 29.1 Å². The summed E-state index contributed by atoms with van der Waals surface area (Å²) < 4.78 is 13.3. The van der Waals surface area contributed by atoms with Gasteiger partial charge < -0.3 is 5.32 Å². The molecule has 0 heterocycles. The van der Waals surface area contributed by atoms with Crippen molar-refractivity contribution in [3.63, 3.8) is 0 Å². The van der Waals surface area contributed by atoms with E-state index in [0.29, 0.717) is 5.69 Å². The van der Waals surface area contributed by atoms with Crippen LogP contribution in [0.3, 0.4) is 0 Å². The third-order valence-electron chi connectivity index (χ3n) is 4.16. The van der Waals surface area contributed by atoms with Crippen molar-refractivity contribution < 1.29 is 9.18 Å². The molecule has 2 atom stereocenters. The Morgan fingerprint density at radius 3 is 2.60 bits per heavy atom. The van der Waals surface area contributed by atoms with Gasteiger partial charge >= 0.3 is 0 Å². The molecule has 1 aliphatic rings. The molecule has 1 aliphatic carbocycles. The van der Waals surface area contributed by atoms with Crippen LogP contribution in [0.1, 0.15) is 33.3 Å². The lowest BCUT2D eigenvalue weighted by molar-refractivity contribution is -0.118. The van der Waals surface area contributed by atoms with E-state index in [-0.39, 0.29) is 29.0 Å². The van der Waals surface area contributed by atoms with E-state index >= 15 is 0 Å². The number of halogens is 1. The molecule has 1 amide bonds. The molecule has 20 heavy (non-hydrogen) atoms. The van der Waals surface area contributed by atoms with E-state index < -0.39 is 0 Å². The first-order valence-corrected chi connectivity index (χ1v) is 6.95. The number of hydrogen-bond donors (Lipinski definition) is 1. The van der Waals surface area contributed by atoms with Gasteiger partial charge in [-0.25, -0.2) is 4.39 Å². The molecule has 0 saturated heterocycles. The first kappa shape index (κ1) is 14.8. The summed E-state index contributed by atoms with van der Waals surface area (Å²) in [5.74, 6) is -0.130. The molecule has 0 aromatic heterocycles. The molecule has 0 aliphatic heterocycles. The van der Waals surface area contributed by atoms with E-state index in [1.165, 1.54) is 17.7 Å². The lowest BCUT2D eigenvalue weighted by atomic mass is 10.1. The first-order valence-electron chi connectivity index (χ1n) is 6.95. The van der Waals surface area contributed by atoms with Gasteiger partial charge in [0, 0.05) is 5.69 Å². The summed E-state index contributed by atoms with van der Waals surface area (Å²) in [6.45, 7) is 10.1. The fourth-order valence-electron chi connectivity index (χ4n) is 2.79. The molecule has 1 aromatic carbocycles. The van der Waals surface area contributed by atoms with Gasteiger partial charge in [0.1, 0.15) is 5.82 Å². The number of carbonyl (C=O) groups is 1. The van der Waals surface area contributed by atoms with E-state index in [2.05, 4.69) is 25.2 Å². The maximum Gasteiger partial charge on any atom is 0.228 e. The summed E-state index contributed by atoms with van der Waals surface area (Å²) in [6, 6.07) is 4.45. The van der Waals surface area contributed by atoms with Gasteiger partial charge in [0.05, 0.1) is 5.92 Å². The lowest BCUT2D eigenvalue weighted by Crippen LogP contribution is -2.17. The normalized spacial score (nSPS) is 23.1. The minimum Gasteiger partial charge on any atom is -0.325 e. The van der Waals surface area contributed by atoms with Crippen LogP contribution in [0.25, 0.3) is 0 Å². The maximum atomic E-state index is 13.3. The minimum atomic E-state index is -0.332. The molecule has 1 N–H and O–H groups in total. The van der Waals surface area contributed by atoms with Gasteiger partial charge in [-0.1, -0.05) is 31.6 Å². The number of aryl methyl sites for hydroxylation is 1. The Kier molecular flexibility index (Phi) is 3.72. The van der Waals surface area contributed by atoms with E-state index in [1.54, 1.807) is 6.07 Å². The Bertz CT molecular complexity index is 570. The predicted octanol–water partition coefficient (Wildman–Crippen LogP) is 4.31. The van der Waals surface area contributed by atoms with Crippen LogP contribution < -0.4 is 5.32 Å². The van der Waals surface area contributed by atoms with E-state index in [1.807, 2.05) is 20.8 Å². The van der Waals surface area contributed by atoms with Crippen LogP contribution in [0.4, 0.5) is 10.1 Å². The van der Waals surface area contributed by atoms with Crippen molar-refractivity contribution in [1.29, 1.82) is 0 Å². The lowest BCUT2D eigenvalue weighted by Gasteiger charge is -2.09. The zero-order chi connectivity index (χ0) is 15.1. The summed E-state index contributed by atoms with van der Waals surface area (Å²) in [7, 11) is 0. The molecule has 1 fully saturated rings. The summed E-state index contributed by atoms with van der Waals surface area (Å²) >= 11 is 0. The van der Waals surface area contributed by atoms with Gasteiger partial charge in [0.25, 0.3) is 0 Å². The van der Waals surface area contributed by atoms with Crippen LogP contribution in [0.2, 0.25) is 0 Å². The Labute approximate surface area is 120 Å². The fraction of sp³-hybridized carbons (Fsp3) is 0.471. The number of anilines is 1. The van der Waals surface area contributed by atoms with Crippen LogP contribution in [-0.2, 0) is 4.79 Å². The van der Waals surface area contributed by atoms with Gasteiger partial charge in [-0.05, 0) is 49.8 Å². The fourth-order valence-corrected chi connectivity index (χ4v) is 2.79. The first-order chi connectivity index (χ1) is 9.23. The summed E-state index contributed by atoms with van der Waals surface area (Å²) in [5.41, 5.74) is 2.63. The van der Waals surface area contributed by atoms with Crippen molar-refractivity contribution in [1.82, 2.24) is 0 Å². The predicted molar refractivity (Wildman–Crippen MR) is 80.0 cm³/mol. The molecule has 0 spiro atoms. The molecule has 108 valence electrons. The Balaban J connectivity index is 2.14. The van der Waals surface area contributed by atoms with Crippen molar-refractivity contribution in [2.24, 2.45) is 17.3 Å². The monoisotopic (exact) mass is 275 g/mol. The Morgan fingerprint density at radius 1 is 1.35 bits per heavy atom. The SMILES string of the molecule is CC(C)=C[C@H]1[C@H](C(=O)Nc2cc(F)ccc2C)C1(C)C. The molecule has 1 saturated carbocycles. The highest BCUT2D eigenvalue weighted by molar-refractivity contribution is 5.96. The van der Waals surface area contributed by atoms with Crippen LogP contribution in [0.15, 0.2) is 29.8 Å². The largest absolute Gasteiger partial charge is 0.325 e.